The zero-order chi connectivity index (χ0) is 20.5. The van der Waals surface area contributed by atoms with Crippen LogP contribution in [-0.2, 0) is 22.6 Å². The average Bonchev–Trinajstić information content (AvgIpc) is 3.01. The highest BCUT2D eigenvalue weighted by Gasteiger charge is 2.39. The maximum atomic E-state index is 13.5. The van der Waals surface area contributed by atoms with Gasteiger partial charge in [0, 0.05) is 16.1 Å². The lowest BCUT2D eigenvalue weighted by Crippen LogP contribution is -2.25. The predicted molar refractivity (Wildman–Crippen MR) is 100 cm³/mol. The third kappa shape index (κ3) is 4.00. The molecule has 5 nitrogen and oxygen atoms in total. The molecule has 0 aliphatic heterocycles. The molecule has 28 heavy (non-hydrogen) atoms. The number of benzene rings is 2. The zero-order valence-electron chi connectivity index (χ0n) is 14.5. The van der Waals surface area contributed by atoms with Crippen molar-refractivity contribution >= 4 is 21.6 Å². The van der Waals surface area contributed by atoms with Gasteiger partial charge in [-0.2, -0.15) is 31.2 Å². The SMILES string of the molecule is CCc1c(C(F)(F)F)nn(NS(=O)(=O)c2ccccc2)c1-c1ccc(Cl)cc1. The lowest BCUT2D eigenvalue weighted by molar-refractivity contribution is -0.142. The third-order valence-electron chi connectivity index (χ3n) is 3.98. The van der Waals surface area contributed by atoms with Gasteiger partial charge in [0.15, 0.2) is 5.69 Å². The Morgan fingerprint density at radius 2 is 1.68 bits per heavy atom. The van der Waals surface area contributed by atoms with Crippen LogP contribution in [0, 0.1) is 0 Å². The van der Waals surface area contributed by atoms with Crippen molar-refractivity contribution in [3.8, 4) is 11.3 Å². The highest BCUT2D eigenvalue weighted by Crippen LogP contribution is 2.37. The fourth-order valence-corrected chi connectivity index (χ4v) is 3.86. The molecule has 1 heterocycles. The van der Waals surface area contributed by atoms with Gasteiger partial charge >= 0.3 is 6.18 Å². The molecule has 2 aromatic carbocycles. The fourth-order valence-electron chi connectivity index (χ4n) is 2.75. The van der Waals surface area contributed by atoms with Crippen LogP contribution in [0.2, 0.25) is 5.02 Å². The number of rotatable bonds is 5. The van der Waals surface area contributed by atoms with E-state index in [4.69, 9.17) is 11.6 Å². The summed E-state index contributed by atoms with van der Waals surface area (Å²) in [5.74, 6) is 0. The molecule has 0 spiro atoms. The predicted octanol–water partition coefficient (Wildman–Crippen LogP) is 4.72. The first-order valence-corrected chi connectivity index (χ1v) is 10.0. The van der Waals surface area contributed by atoms with Gasteiger partial charge in [-0.15, -0.1) is 5.10 Å². The first-order valence-electron chi connectivity index (χ1n) is 8.16. The second-order valence-electron chi connectivity index (χ2n) is 5.85. The number of halogens is 4. The van der Waals surface area contributed by atoms with Crippen LogP contribution in [0.3, 0.4) is 0 Å². The Kier molecular flexibility index (Phi) is 5.40. The first-order chi connectivity index (χ1) is 13.1. The summed E-state index contributed by atoms with van der Waals surface area (Å²) in [5.41, 5.74) is -0.910. The van der Waals surface area contributed by atoms with Gasteiger partial charge in [-0.05, 0) is 30.7 Å². The van der Waals surface area contributed by atoms with E-state index in [9.17, 15) is 21.6 Å². The van der Waals surface area contributed by atoms with Crippen LogP contribution in [-0.4, -0.2) is 18.3 Å². The summed E-state index contributed by atoms with van der Waals surface area (Å²) in [5, 5.41) is 3.93. The fraction of sp³-hybridized carbons (Fsp3) is 0.167. The molecule has 0 amide bonds. The second-order valence-corrected chi connectivity index (χ2v) is 7.95. The Labute approximate surface area is 164 Å². The van der Waals surface area contributed by atoms with Crippen molar-refractivity contribution in [3.63, 3.8) is 0 Å². The molecule has 0 atom stereocenters. The molecule has 0 saturated heterocycles. The lowest BCUT2D eigenvalue weighted by atomic mass is 10.0. The highest BCUT2D eigenvalue weighted by atomic mass is 35.5. The normalized spacial score (nSPS) is 12.2. The minimum atomic E-state index is -4.74. The molecule has 0 saturated carbocycles. The van der Waals surface area contributed by atoms with Crippen LogP contribution in [0.4, 0.5) is 13.2 Å². The Balaban J connectivity index is 2.20. The van der Waals surface area contributed by atoms with E-state index in [1.165, 1.54) is 48.5 Å². The number of hydrogen-bond acceptors (Lipinski definition) is 3. The highest BCUT2D eigenvalue weighted by molar-refractivity contribution is 7.92. The van der Waals surface area contributed by atoms with Crippen LogP contribution in [0.1, 0.15) is 18.2 Å². The van der Waals surface area contributed by atoms with Crippen LogP contribution < -0.4 is 4.83 Å². The molecule has 3 rings (SSSR count). The molecule has 0 fully saturated rings. The molecule has 10 heteroatoms. The number of nitrogens with one attached hydrogen (secondary N) is 1. The average molecular weight is 430 g/mol. The number of nitrogens with zero attached hydrogens (tertiary/aromatic N) is 2. The van der Waals surface area contributed by atoms with Gasteiger partial charge < -0.3 is 0 Å². The standard InChI is InChI=1S/C18H15ClF3N3O2S/c1-2-15-16(12-8-10-13(19)11-9-12)25(23-17(15)18(20,21)22)24-28(26,27)14-6-4-3-5-7-14/h3-11,24H,2H2,1H3. The van der Waals surface area contributed by atoms with Gasteiger partial charge in [-0.25, -0.2) is 0 Å². The topological polar surface area (TPSA) is 64.0 Å². The summed E-state index contributed by atoms with van der Waals surface area (Å²) < 4.78 is 65.7. The van der Waals surface area contributed by atoms with Crippen LogP contribution in [0.5, 0.6) is 0 Å². The number of alkyl halides is 3. The number of hydrogen-bond donors (Lipinski definition) is 1. The van der Waals surface area contributed by atoms with Crippen molar-refractivity contribution in [2.24, 2.45) is 0 Å². The van der Waals surface area contributed by atoms with Crippen molar-refractivity contribution in [1.82, 2.24) is 9.89 Å². The molecule has 1 N–H and O–H groups in total. The molecular weight excluding hydrogens is 415 g/mol. The van der Waals surface area contributed by atoms with Crippen molar-refractivity contribution in [1.29, 1.82) is 0 Å². The van der Waals surface area contributed by atoms with E-state index in [-0.39, 0.29) is 22.6 Å². The Morgan fingerprint density at radius 3 is 2.21 bits per heavy atom. The molecule has 0 aliphatic rings. The molecule has 1 aromatic heterocycles. The van der Waals surface area contributed by atoms with Gasteiger partial charge in [0.25, 0.3) is 10.0 Å². The summed E-state index contributed by atoms with van der Waals surface area (Å²) >= 11 is 5.86. The van der Waals surface area contributed by atoms with Gasteiger partial charge in [0.05, 0.1) is 10.6 Å². The molecule has 3 aromatic rings. The molecule has 0 aliphatic carbocycles. The first kappa shape index (κ1) is 20.2. The van der Waals surface area contributed by atoms with Gasteiger partial charge in [0.1, 0.15) is 0 Å². The molecular formula is C18H15ClF3N3O2S. The van der Waals surface area contributed by atoms with Crippen molar-refractivity contribution in [3.05, 3.63) is 70.9 Å². The quantitative estimate of drug-likeness (QED) is 0.638. The zero-order valence-corrected chi connectivity index (χ0v) is 16.1. The monoisotopic (exact) mass is 429 g/mol. The van der Waals surface area contributed by atoms with E-state index >= 15 is 0 Å². The van der Waals surface area contributed by atoms with Crippen molar-refractivity contribution in [2.75, 3.05) is 4.83 Å². The van der Waals surface area contributed by atoms with E-state index in [2.05, 4.69) is 9.93 Å². The largest absolute Gasteiger partial charge is 0.435 e. The smallest absolute Gasteiger partial charge is 0.200 e. The minimum absolute atomic E-state index is 0.000131. The second kappa shape index (κ2) is 7.48. The van der Waals surface area contributed by atoms with E-state index < -0.39 is 21.9 Å². The molecule has 0 radical (unpaired) electrons. The van der Waals surface area contributed by atoms with Crippen molar-refractivity contribution < 1.29 is 21.6 Å². The Bertz CT molecular complexity index is 1080. The summed E-state index contributed by atoms with van der Waals surface area (Å²) in [6.07, 6.45) is -4.74. The molecule has 0 unspecified atom stereocenters. The number of sulfonamides is 1. The molecule has 0 bridgehead atoms. The van der Waals surface area contributed by atoms with E-state index in [1.54, 1.807) is 13.0 Å². The van der Waals surface area contributed by atoms with Crippen LogP contribution in [0.25, 0.3) is 11.3 Å². The Morgan fingerprint density at radius 1 is 1.07 bits per heavy atom. The van der Waals surface area contributed by atoms with Crippen molar-refractivity contribution in [2.45, 2.75) is 24.4 Å². The van der Waals surface area contributed by atoms with E-state index in [0.717, 1.165) is 0 Å². The summed E-state index contributed by atoms with van der Waals surface area (Å²) in [6.45, 7) is 1.54. The number of aromatic nitrogens is 2. The summed E-state index contributed by atoms with van der Waals surface area (Å²) in [6, 6.07) is 13.3. The van der Waals surface area contributed by atoms with Gasteiger partial charge in [0.2, 0.25) is 0 Å². The van der Waals surface area contributed by atoms with E-state index in [1.807, 2.05) is 0 Å². The van der Waals surface area contributed by atoms with Crippen LogP contribution in [0.15, 0.2) is 59.5 Å². The third-order valence-corrected chi connectivity index (χ3v) is 5.54. The maximum Gasteiger partial charge on any atom is 0.435 e. The lowest BCUT2D eigenvalue weighted by Gasteiger charge is -2.12. The van der Waals surface area contributed by atoms with Gasteiger partial charge in [-0.1, -0.05) is 48.9 Å². The maximum absolute atomic E-state index is 13.5. The molecule has 148 valence electrons. The Hall–Kier alpha value is -2.52. The minimum Gasteiger partial charge on any atom is -0.200 e. The summed E-state index contributed by atoms with van der Waals surface area (Å²) in [4.78, 5) is 2.69. The van der Waals surface area contributed by atoms with Crippen LogP contribution >= 0.6 is 11.6 Å². The summed E-state index contributed by atoms with van der Waals surface area (Å²) in [7, 11) is -4.15. The van der Waals surface area contributed by atoms with E-state index in [0.29, 0.717) is 15.4 Å². The van der Waals surface area contributed by atoms with Gasteiger partial charge in [-0.3, -0.25) is 0 Å².